The van der Waals surface area contributed by atoms with Crippen molar-refractivity contribution in [2.45, 2.75) is 57.0 Å². The predicted octanol–water partition coefficient (Wildman–Crippen LogP) is 1.37. The van der Waals surface area contributed by atoms with Gasteiger partial charge in [-0.3, -0.25) is 0 Å². The van der Waals surface area contributed by atoms with Gasteiger partial charge in [0, 0.05) is 18.9 Å². The van der Waals surface area contributed by atoms with Crippen LogP contribution in [0.3, 0.4) is 0 Å². The lowest BCUT2D eigenvalue weighted by atomic mass is 9.86. The summed E-state index contributed by atoms with van der Waals surface area (Å²) in [4.78, 5) is 2.26. The monoisotopic (exact) mass is 243 g/mol. The maximum Gasteiger partial charge on any atom is 0.170 e. The predicted molar refractivity (Wildman–Crippen MR) is 65.8 cm³/mol. The first-order valence-corrected chi connectivity index (χ1v) is 6.83. The quantitative estimate of drug-likeness (QED) is 0.810. The molecule has 0 amide bonds. The van der Waals surface area contributed by atoms with Crippen LogP contribution in [0.2, 0.25) is 0 Å². The van der Waals surface area contributed by atoms with Crippen LogP contribution >= 0.6 is 0 Å². The molecule has 0 bridgehead atoms. The zero-order valence-electron chi connectivity index (χ0n) is 11.0. The first-order chi connectivity index (χ1) is 8.17. The number of nitrogens with zero attached hydrogens (tertiary/aromatic N) is 1. The van der Waals surface area contributed by atoms with Gasteiger partial charge in [-0.1, -0.05) is 13.3 Å². The first-order valence-electron chi connectivity index (χ1n) is 6.83. The van der Waals surface area contributed by atoms with Crippen molar-refractivity contribution in [2.75, 3.05) is 26.8 Å². The average Bonchev–Trinajstić information content (AvgIpc) is 2.78. The van der Waals surface area contributed by atoms with Crippen LogP contribution in [0, 0.1) is 0 Å². The molecule has 4 nitrogen and oxygen atoms in total. The molecule has 1 spiro atoms. The molecular weight excluding hydrogens is 218 g/mol. The van der Waals surface area contributed by atoms with E-state index >= 15 is 0 Å². The molecule has 2 unspecified atom stereocenters. The van der Waals surface area contributed by atoms with Crippen molar-refractivity contribution in [1.29, 1.82) is 0 Å². The molecule has 1 aliphatic carbocycles. The van der Waals surface area contributed by atoms with Gasteiger partial charge in [0.2, 0.25) is 0 Å². The number of hydrogen-bond donors (Lipinski definition) is 1. The van der Waals surface area contributed by atoms with Crippen LogP contribution in [0.4, 0.5) is 0 Å². The van der Waals surface area contributed by atoms with Gasteiger partial charge in [-0.25, -0.2) is 0 Å². The van der Waals surface area contributed by atoms with Gasteiger partial charge in [0.25, 0.3) is 0 Å². The van der Waals surface area contributed by atoms with Gasteiger partial charge in [0.05, 0.1) is 19.3 Å². The Kier molecular flexibility index (Phi) is 4.42. The maximum atomic E-state index is 10.1. The van der Waals surface area contributed by atoms with Crippen LogP contribution in [-0.4, -0.2) is 54.7 Å². The molecule has 1 N–H and O–H groups in total. The van der Waals surface area contributed by atoms with E-state index in [2.05, 4.69) is 18.9 Å². The molecule has 0 radical (unpaired) electrons. The van der Waals surface area contributed by atoms with Crippen LogP contribution in [0.5, 0.6) is 0 Å². The lowest BCUT2D eigenvalue weighted by Gasteiger charge is -2.42. The van der Waals surface area contributed by atoms with Crippen LogP contribution in [0.25, 0.3) is 0 Å². The Morgan fingerprint density at radius 3 is 2.71 bits per heavy atom. The van der Waals surface area contributed by atoms with Gasteiger partial charge in [-0.15, -0.1) is 0 Å². The third-order valence-corrected chi connectivity index (χ3v) is 4.03. The summed E-state index contributed by atoms with van der Waals surface area (Å²) in [5.41, 5.74) is 0. The Morgan fingerprint density at radius 2 is 2.06 bits per heavy atom. The van der Waals surface area contributed by atoms with E-state index in [-0.39, 0.29) is 12.1 Å². The summed E-state index contributed by atoms with van der Waals surface area (Å²) in [6.07, 6.45) is 4.52. The number of unbranched alkanes of at least 4 members (excludes halogenated alkanes) is 1. The highest BCUT2D eigenvalue weighted by atomic mass is 16.7. The van der Waals surface area contributed by atoms with Crippen molar-refractivity contribution in [2.24, 2.45) is 0 Å². The Morgan fingerprint density at radius 1 is 1.35 bits per heavy atom. The number of ether oxygens (including phenoxy) is 2. The summed E-state index contributed by atoms with van der Waals surface area (Å²) >= 11 is 0. The molecule has 17 heavy (non-hydrogen) atoms. The van der Waals surface area contributed by atoms with Crippen molar-refractivity contribution < 1.29 is 14.6 Å². The van der Waals surface area contributed by atoms with E-state index < -0.39 is 5.79 Å². The summed E-state index contributed by atoms with van der Waals surface area (Å²) < 4.78 is 11.5. The highest BCUT2D eigenvalue weighted by Gasteiger charge is 2.45. The second-order valence-electron chi connectivity index (χ2n) is 5.32. The summed E-state index contributed by atoms with van der Waals surface area (Å²) in [6.45, 7) is 4.62. The third-order valence-electron chi connectivity index (χ3n) is 4.03. The molecule has 1 saturated carbocycles. The lowest BCUT2D eigenvalue weighted by molar-refractivity contribution is -0.203. The number of rotatable bonds is 4. The fourth-order valence-electron chi connectivity index (χ4n) is 2.90. The number of hydrogen-bond acceptors (Lipinski definition) is 4. The maximum absolute atomic E-state index is 10.1. The average molecular weight is 243 g/mol. The molecule has 4 heteroatoms. The topological polar surface area (TPSA) is 41.9 Å². The van der Waals surface area contributed by atoms with Crippen molar-refractivity contribution in [3.63, 3.8) is 0 Å². The minimum absolute atomic E-state index is 0.174. The van der Waals surface area contributed by atoms with E-state index in [0.29, 0.717) is 13.2 Å². The highest BCUT2D eigenvalue weighted by Crippen LogP contribution is 2.37. The van der Waals surface area contributed by atoms with Gasteiger partial charge in [0.15, 0.2) is 5.79 Å². The number of aliphatic hydroxyl groups is 1. The molecule has 1 heterocycles. The molecule has 1 aliphatic heterocycles. The molecule has 0 aromatic rings. The van der Waals surface area contributed by atoms with Crippen LogP contribution in [0.1, 0.15) is 39.0 Å². The zero-order valence-corrected chi connectivity index (χ0v) is 11.0. The second-order valence-corrected chi connectivity index (χ2v) is 5.32. The minimum Gasteiger partial charge on any atom is -0.391 e. The van der Waals surface area contributed by atoms with Crippen molar-refractivity contribution in [1.82, 2.24) is 4.90 Å². The van der Waals surface area contributed by atoms with E-state index in [0.717, 1.165) is 25.8 Å². The van der Waals surface area contributed by atoms with Crippen LogP contribution < -0.4 is 0 Å². The number of aliphatic hydroxyl groups excluding tert-OH is 1. The summed E-state index contributed by atoms with van der Waals surface area (Å²) in [5.74, 6) is -0.398. The highest BCUT2D eigenvalue weighted by molar-refractivity contribution is 4.92. The van der Waals surface area contributed by atoms with Crippen LogP contribution in [0.15, 0.2) is 0 Å². The Balaban J connectivity index is 1.94. The van der Waals surface area contributed by atoms with Gasteiger partial charge in [0.1, 0.15) is 0 Å². The molecule has 0 aromatic carbocycles. The molecular formula is C13H25NO3. The fraction of sp³-hybridized carbons (Fsp3) is 1.00. The molecule has 2 rings (SSSR count). The van der Waals surface area contributed by atoms with E-state index in [1.54, 1.807) is 0 Å². The Bertz CT molecular complexity index is 241. The summed E-state index contributed by atoms with van der Waals surface area (Å²) in [5, 5.41) is 10.1. The fourth-order valence-corrected chi connectivity index (χ4v) is 2.90. The van der Waals surface area contributed by atoms with E-state index in [4.69, 9.17) is 9.47 Å². The Labute approximate surface area is 104 Å². The SMILES string of the molecule is CCCCN(C)C1CC2(CCC1O)OCCO2. The third kappa shape index (κ3) is 2.99. The van der Waals surface area contributed by atoms with Crippen molar-refractivity contribution >= 4 is 0 Å². The lowest BCUT2D eigenvalue weighted by Crippen LogP contribution is -2.52. The number of likely N-dealkylation sites (N-methyl/N-ethyl adjacent to an activating group) is 1. The smallest absolute Gasteiger partial charge is 0.170 e. The Hall–Kier alpha value is -0.160. The largest absolute Gasteiger partial charge is 0.391 e. The van der Waals surface area contributed by atoms with E-state index in [1.165, 1.54) is 12.8 Å². The summed E-state index contributed by atoms with van der Waals surface area (Å²) in [7, 11) is 2.09. The molecule has 100 valence electrons. The molecule has 0 aromatic heterocycles. The standard InChI is InChI=1S/C13H25NO3/c1-3-4-7-14(2)11-10-13(6-5-12(11)15)16-8-9-17-13/h11-12,15H,3-10H2,1-2H3. The second kappa shape index (κ2) is 5.65. The van der Waals surface area contributed by atoms with Gasteiger partial charge >= 0.3 is 0 Å². The minimum atomic E-state index is -0.398. The molecule has 2 fully saturated rings. The molecule has 1 saturated heterocycles. The van der Waals surface area contributed by atoms with Crippen LogP contribution in [-0.2, 0) is 9.47 Å². The normalized spacial score (nSPS) is 32.5. The van der Waals surface area contributed by atoms with E-state index in [9.17, 15) is 5.11 Å². The van der Waals surface area contributed by atoms with Gasteiger partial charge < -0.3 is 19.5 Å². The van der Waals surface area contributed by atoms with Crippen molar-refractivity contribution in [3.8, 4) is 0 Å². The molecule has 2 aliphatic rings. The van der Waals surface area contributed by atoms with Crippen molar-refractivity contribution in [3.05, 3.63) is 0 Å². The van der Waals surface area contributed by atoms with Gasteiger partial charge in [-0.05, 0) is 26.4 Å². The zero-order chi connectivity index (χ0) is 12.3. The molecule has 2 atom stereocenters. The summed E-state index contributed by atoms with van der Waals surface area (Å²) in [6, 6.07) is 0.174. The first kappa shape index (κ1) is 13.3. The van der Waals surface area contributed by atoms with Gasteiger partial charge in [-0.2, -0.15) is 0 Å². The van der Waals surface area contributed by atoms with E-state index in [1.807, 2.05) is 0 Å².